The Balaban J connectivity index is 3.11. The Bertz CT molecular complexity index is 268. The minimum Gasteiger partial charge on any atom is -0.130 e. The number of rotatable bonds is 2. The van der Waals surface area contributed by atoms with Crippen molar-refractivity contribution in [1.82, 2.24) is 0 Å². The SMILES string of the molecule is C=[C]c1cc(I)cc(SC)c1. The summed E-state index contributed by atoms with van der Waals surface area (Å²) in [4.78, 5) is 1.27. The molecule has 0 aliphatic rings. The van der Waals surface area contributed by atoms with Crippen LogP contribution >= 0.6 is 34.4 Å². The zero-order valence-corrected chi connectivity index (χ0v) is 9.20. The summed E-state index contributed by atoms with van der Waals surface area (Å²) in [5, 5.41) is 0. The third kappa shape index (κ3) is 2.52. The van der Waals surface area contributed by atoms with E-state index in [1.54, 1.807) is 11.8 Å². The van der Waals surface area contributed by atoms with Crippen molar-refractivity contribution in [2.75, 3.05) is 6.26 Å². The van der Waals surface area contributed by atoms with E-state index >= 15 is 0 Å². The van der Waals surface area contributed by atoms with Crippen molar-refractivity contribution in [2.24, 2.45) is 0 Å². The van der Waals surface area contributed by atoms with Gasteiger partial charge in [-0.3, -0.25) is 0 Å². The summed E-state index contributed by atoms with van der Waals surface area (Å²) in [6, 6.07) is 6.29. The Morgan fingerprint density at radius 2 is 2.18 bits per heavy atom. The van der Waals surface area contributed by atoms with E-state index in [2.05, 4.69) is 59.7 Å². The molecule has 0 unspecified atom stereocenters. The number of halogens is 1. The summed E-state index contributed by atoms with van der Waals surface area (Å²) in [6.45, 7) is 3.61. The highest BCUT2D eigenvalue weighted by Gasteiger charge is 1.94. The fraction of sp³-hybridized carbons (Fsp3) is 0.111. The highest BCUT2D eigenvalue weighted by molar-refractivity contribution is 14.1. The topological polar surface area (TPSA) is 0 Å². The summed E-state index contributed by atoms with van der Waals surface area (Å²) in [7, 11) is 0. The van der Waals surface area contributed by atoms with Gasteiger partial charge in [0, 0.05) is 8.47 Å². The van der Waals surface area contributed by atoms with E-state index in [-0.39, 0.29) is 0 Å². The second kappa shape index (κ2) is 4.16. The molecule has 0 saturated carbocycles. The van der Waals surface area contributed by atoms with Crippen LogP contribution in [0.3, 0.4) is 0 Å². The van der Waals surface area contributed by atoms with E-state index in [1.807, 2.05) is 0 Å². The maximum absolute atomic E-state index is 3.61. The second-order valence-corrected chi connectivity index (χ2v) is 4.18. The number of benzene rings is 1. The number of thioether (sulfide) groups is 1. The maximum Gasteiger partial charge on any atom is 0.0147 e. The molecular weight excluding hydrogens is 267 g/mol. The summed E-state index contributed by atoms with van der Waals surface area (Å²) < 4.78 is 1.24. The molecule has 0 aromatic heterocycles. The second-order valence-electron chi connectivity index (χ2n) is 2.06. The van der Waals surface area contributed by atoms with Crippen molar-refractivity contribution in [3.8, 4) is 0 Å². The number of hydrogen-bond donors (Lipinski definition) is 0. The molecule has 0 aliphatic heterocycles. The Morgan fingerprint density at radius 1 is 1.45 bits per heavy atom. The van der Waals surface area contributed by atoms with Crippen LogP contribution in [-0.4, -0.2) is 6.26 Å². The molecule has 1 aromatic rings. The lowest BCUT2D eigenvalue weighted by Gasteiger charge is -1.99. The van der Waals surface area contributed by atoms with E-state index in [1.165, 1.54) is 8.47 Å². The highest BCUT2D eigenvalue weighted by Crippen LogP contribution is 2.19. The lowest BCUT2D eigenvalue weighted by Crippen LogP contribution is -1.78. The van der Waals surface area contributed by atoms with Crippen molar-refractivity contribution < 1.29 is 0 Å². The van der Waals surface area contributed by atoms with E-state index in [4.69, 9.17) is 0 Å². The van der Waals surface area contributed by atoms with Gasteiger partial charge in [-0.2, -0.15) is 0 Å². The van der Waals surface area contributed by atoms with E-state index < -0.39 is 0 Å². The van der Waals surface area contributed by atoms with Crippen molar-refractivity contribution in [1.29, 1.82) is 0 Å². The van der Waals surface area contributed by atoms with Crippen LogP contribution in [0, 0.1) is 9.65 Å². The van der Waals surface area contributed by atoms with Gasteiger partial charge in [-0.25, -0.2) is 0 Å². The first-order valence-corrected chi connectivity index (χ1v) is 5.44. The molecule has 0 bridgehead atoms. The Labute approximate surface area is 85.2 Å². The van der Waals surface area contributed by atoms with Crippen LogP contribution in [0.4, 0.5) is 0 Å². The molecule has 0 fully saturated rings. The Hall–Kier alpha value is 0.0400. The van der Waals surface area contributed by atoms with Crippen molar-refractivity contribution >= 4 is 34.4 Å². The van der Waals surface area contributed by atoms with Crippen LogP contribution in [0.25, 0.3) is 0 Å². The van der Waals surface area contributed by atoms with Crippen LogP contribution in [0.15, 0.2) is 29.7 Å². The van der Waals surface area contributed by atoms with Crippen molar-refractivity contribution in [2.45, 2.75) is 4.90 Å². The van der Waals surface area contributed by atoms with Crippen LogP contribution < -0.4 is 0 Å². The first-order chi connectivity index (χ1) is 5.26. The zero-order valence-electron chi connectivity index (χ0n) is 6.23. The molecule has 11 heavy (non-hydrogen) atoms. The lowest BCUT2D eigenvalue weighted by molar-refractivity contribution is 1.39. The quantitative estimate of drug-likeness (QED) is 0.589. The average Bonchev–Trinajstić information content (AvgIpc) is 2.03. The smallest absolute Gasteiger partial charge is 0.0147 e. The molecule has 0 amide bonds. The average molecular weight is 275 g/mol. The van der Waals surface area contributed by atoms with Crippen LogP contribution in [0.1, 0.15) is 5.56 Å². The molecule has 57 valence electrons. The first-order valence-electron chi connectivity index (χ1n) is 3.14. The minimum atomic E-state index is 1.07. The van der Waals surface area contributed by atoms with Gasteiger partial charge in [0.1, 0.15) is 0 Å². The molecule has 0 heterocycles. The Morgan fingerprint density at radius 3 is 2.73 bits per heavy atom. The van der Waals surface area contributed by atoms with Gasteiger partial charge in [0.05, 0.1) is 0 Å². The van der Waals surface area contributed by atoms with Gasteiger partial charge in [0.2, 0.25) is 0 Å². The third-order valence-corrected chi connectivity index (χ3v) is 2.64. The van der Waals surface area contributed by atoms with Gasteiger partial charge in [-0.15, -0.1) is 11.8 Å². The molecule has 0 N–H and O–H groups in total. The molecule has 1 aromatic carbocycles. The summed E-state index contributed by atoms with van der Waals surface area (Å²) in [5.74, 6) is 0. The first kappa shape index (κ1) is 9.13. The molecule has 0 aliphatic carbocycles. The molecule has 0 saturated heterocycles. The predicted octanol–water partition coefficient (Wildman–Crippen LogP) is 3.35. The van der Waals surface area contributed by atoms with Gasteiger partial charge < -0.3 is 0 Å². The summed E-state index contributed by atoms with van der Waals surface area (Å²) in [5.41, 5.74) is 1.07. The lowest BCUT2D eigenvalue weighted by atomic mass is 10.2. The fourth-order valence-corrected chi connectivity index (χ4v) is 2.15. The molecule has 2 heteroatoms. The minimum absolute atomic E-state index is 1.07. The standard InChI is InChI=1S/C9H8IS/c1-3-7-4-8(10)6-9(5-7)11-2/h4-6H,1H2,2H3. The van der Waals surface area contributed by atoms with Gasteiger partial charge in [0.25, 0.3) is 0 Å². The van der Waals surface area contributed by atoms with Gasteiger partial charge in [-0.1, -0.05) is 6.58 Å². The van der Waals surface area contributed by atoms with Crippen LogP contribution in [0.2, 0.25) is 0 Å². The fourth-order valence-electron chi connectivity index (χ4n) is 0.783. The van der Waals surface area contributed by atoms with E-state index in [0.717, 1.165) is 5.56 Å². The molecule has 0 spiro atoms. The monoisotopic (exact) mass is 275 g/mol. The number of hydrogen-bond acceptors (Lipinski definition) is 1. The van der Waals surface area contributed by atoms with Crippen LogP contribution in [-0.2, 0) is 0 Å². The highest BCUT2D eigenvalue weighted by atomic mass is 127. The predicted molar refractivity (Wildman–Crippen MR) is 58.9 cm³/mol. The van der Waals surface area contributed by atoms with Gasteiger partial charge in [0.15, 0.2) is 0 Å². The maximum atomic E-state index is 3.61. The van der Waals surface area contributed by atoms with Crippen molar-refractivity contribution in [3.05, 3.63) is 40.0 Å². The third-order valence-electron chi connectivity index (χ3n) is 1.31. The molecule has 0 atom stereocenters. The molecule has 0 nitrogen and oxygen atoms in total. The largest absolute Gasteiger partial charge is 0.130 e. The van der Waals surface area contributed by atoms with Crippen molar-refractivity contribution in [3.63, 3.8) is 0 Å². The Kier molecular flexibility index (Phi) is 3.45. The van der Waals surface area contributed by atoms with Gasteiger partial charge >= 0.3 is 0 Å². The van der Waals surface area contributed by atoms with E-state index in [9.17, 15) is 0 Å². The van der Waals surface area contributed by atoms with Gasteiger partial charge in [-0.05, 0) is 58.7 Å². The summed E-state index contributed by atoms with van der Waals surface area (Å²) >= 11 is 4.04. The van der Waals surface area contributed by atoms with E-state index in [0.29, 0.717) is 0 Å². The normalized spacial score (nSPS) is 9.64. The zero-order chi connectivity index (χ0) is 8.27. The molecular formula is C9H8IS. The van der Waals surface area contributed by atoms with Crippen LogP contribution in [0.5, 0.6) is 0 Å². The molecule has 1 radical (unpaired) electrons. The summed E-state index contributed by atoms with van der Waals surface area (Å²) in [6.07, 6.45) is 4.94. The molecule has 1 rings (SSSR count).